The monoisotopic (exact) mass is 331 g/mol. The third-order valence-electron chi connectivity index (χ3n) is 4.24. The molecule has 1 aliphatic heterocycles. The Bertz CT molecular complexity index is 688. The number of aromatic nitrogens is 1. The molecule has 0 aromatic carbocycles. The van der Waals surface area contributed by atoms with Gasteiger partial charge >= 0.3 is 0 Å². The van der Waals surface area contributed by atoms with Crippen molar-refractivity contribution in [3.63, 3.8) is 0 Å². The Morgan fingerprint density at radius 3 is 2.96 bits per heavy atom. The predicted molar refractivity (Wildman–Crippen MR) is 92.0 cm³/mol. The second-order valence-electron chi connectivity index (χ2n) is 6.18. The third-order valence-corrected chi connectivity index (χ3v) is 5.24. The molecule has 1 N–H and O–H groups in total. The number of pyridine rings is 1. The number of carbonyl (C=O) groups is 1. The van der Waals surface area contributed by atoms with Crippen molar-refractivity contribution in [2.75, 3.05) is 31.6 Å². The summed E-state index contributed by atoms with van der Waals surface area (Å²) >= 11 is 1.45. The number of aryl methyl sites for hydroxylation is 1. The van der Waals surface area contributed by atoms with Gasteiger partial charge in [0.2, 0.25) is 0 Å². The van der Waals surface area contributed by atoms with E-state index in [1.165, 1.54) is 11.3 Å². The Balaban J connectivity index is 1.66. The molecule has 2 aromatic rings. The zero-order valence-electron chi connectivity index (χ0n) is 13.4. The van der Waals surface area contributed by atoms with E-state index in [1.54, 1.807) is 18.1 Å². The molecule has 1 fully saturated rings. The molecule has 3 rings (SSSR count). The zero-order valence-corrected chi connectivity index (χ0v) is 14.2. The van der Waals surface area contributed by atoms with Crippen molar-refractivity contribution in [3.05, 3.63) is 46.3 Å². The van der Waals surface area contributed by atoms with Gasteiger partial charge in [0.1, 0.15) is 11.4 Å². The molecule has 122 valence electrons. The molecule has 5 nitrogen and oxygen atoms in total. The topological polar surface area (TPSA) is 56.7 Å². The van der Waals surface area contributed by atoms with E-state index >= 15 is 0 Å². The van der Waals surface area contributed by atoms with Crippen LogP contribution >= 0.6 is 11.3 Å². The molecule has 6 heteroatoms. The molecule has 3 heterocycles. The molecule has 0 spiro atoms. The van der Waals surface area contributed by atoms with Crippen molar-refractivity contribution < 1.29 is 9.90 Å². The van der Waals surface area contributed by atoms with Crippen LogP contribution in [0, 0.1) is 6.92 Å². The number of likely N-dealkylation sites (N-methyl/N-ethyl adjacent to an activating group) is 1. The van der Waals surface area contributed by atoms with Gasteiger partial charge in [0.25, 0.3) is 5.91 Å². The summed E-state index contributed by atoms with van der Waals surface area (Å²) in [4.78, 5) is 21.3. The molecule has 1 amide bonds. The molecular weight excluding hydrogens is 310 g/mol. The minimum absolute atomic E-state index is 0.0257. The van der Waals surface area contributed by atoms with Crippen LogP contribution in [0.1, 0.15) is 21.7 Å². The molecule has 0 unspecified atom stereocenters. The molecule has 0 radical (unpaired) electrons. The van der Waals surface area contributed by atoms with E-state index in [4.69, 9.17) is 0 Å². The number of hydrogen-bond acceptors (Lipinski definition) is 5. The Morgan fingerprint density at radius 2 is 2.30 bits per heavy atom. The normalized spacial score (nSPS) is 20.7. The molecular formula is C17H21N3O2S. The van der Waals surface area contributed by atoms with Crippen LogP contribution in [0.2, 0.25) is 0 Å². The number of amides is 1. The fraction of sp³-hybridized carbons (Fsp3) is 0.412. The lowest BCUT2D eigenvalue weighted by molar-refractivity contribution is 0.0266. The number of rotatable bonds is 4. The Labute approximate surface area is 140 Å². The number of carbonyl (C=O) groups excluding carboxylic acids is 1. The van der Waals surface area contributed by atoms with E-state index < -0.39 is 5.60 Å². The molecule has 23 heavy (non-hydrogen) atoms. The standard InChI is InChI=1S/C17H21N3O2S/c1-13-6-10-23-15(13)16(21)19(2)11-17(22)7-9-20(12-17)14-5-3-4-8-18-14/h3-6,8,10,22H,7,9,11-12H2,1-2H3/t17-/m0/s1. The Kier molecular flexibility index (Phi) is 4.37. The lowest BCUT2D eigenvalue weighted by atomic mass is 10.0. The summed E-state index contributed by atoms with van der Waals surface area (Å²) in [5.74, 6) is 0.841. The van der Waals surface area contributed by atoms with E-state index in [-0.39, 0.29) is 5.91 Å². The summed E-state index contributed by atoms with van der Waals surface area (Å²) in [5, 5.41) is 12.8. The predicted octanol–water partition coefficient (Wildman–Crippen LogP) is 2.16. The third kappa shape index (κ3) is 3.38. The Morgan fingerprint density at radius 1 is 1.48 bits per heavy atom. The molecule has 1 aliphatic rings. The van der Waals surface area contributed by atoms with Crippen molar-refractivity contribution in [2.45, 2.75) is 18.9 Å². The van der Waals surface area contributed by atoms with E-state index in [0.29, 0.717) is 19.5 Å². The maximum atomic E-state index is 12.5. The van der Waals surface area contributed by atoms with Gasteiger partial charge < -0.3 is 14.9 Å². The highest BCUT2D eigenvalue weighted by atomic mass is 32.1. The summed E-state index contributed by atoms with van der Waals surface area (Å²) in [6.07, 6.45) is 2.38. The largest absolute Gasteiger partial charge is 0.386 e. The fourth-order valence-electron chi connectivity index (χ4n) is 3.00. The maximum absolute atomic E-state index is 12.5. The number of nitrogens with zero attached hydrogens (tertiary/aromatic N) is 3. The van der Waals surface area contributed by atoms with E-state index in [9.17, 15) is 9.90 Å². The average molecular weight is 331 g/mol. The van der Waals surface area contributed by atoms with Gasteiger partial charge in [-0.25, -0.2) is 4.98 Å². The van der Waals surface area contributed by atoms with Crippen molar-refractivity contribution in [1.82, 2.24) is 9.88 Å². The first kappa shape index (κ1) is 16.0. The lowest BCUT2D eigenvalue weighted by Gasteiger charge is -2.29. The summed E-state index contributed by atoms with van der Waals surface area (Å²) in [7, 11) is 1.75. The number of anilines is 1. The first-order chi connectivity index (χ1) is 11.0. The summed E-state index contributed by atoms with van der Waals surface area (Å²) in [6.45, 7) is 3.50. The van der Waals surface area contributed by atoms with Gasteiger partial charge in [-0.3, -0.25) is 4.79 Å². The van der Waals surface area contributed by atoms with E-state index in [0.717, 1.165) is 22.8 Å². The van der Waals surface area contributed by atoms with Crippen molar-refractivity contribution in [2.24, 2.45) is 0 Å². The first-order valence-electron chi connectivity index (χ1n) is 7.66. The van der Waals surface area contributed by atoms with Gasteiger partial charge in [0, 0.05) is 26.3 Å². The highest BCUT2D eigenvalue weighted by Crippen LogP contribution is 2.27. The second-order valence-corrected chi connectivity index (χ2v) is 7.09. The maximum Gasteiger partial charge on any atom is 0.264 e. The van der Waals surface area contributed by atoms with Crippen LogP contribution in [0.25, 0.3) is 0 Å². The fourth-order valence-corrected chi connectivity index (χ4v) is 3.92. The number of aliphatic hydroxyl groups is 1. The van der Waals surface area contributed by atoms with Crippen LogP contribution in [0.5, 0.6) is 0 Å². The van der Waals surface area contributed by atoms with Crippen LogP contribution in [0.3, 0.4) is 0 Å². The lowest BCUT2D eigenvalue weighted by Crippen LogP contribution is -2.45. The highest BCUT2D eigenvalue weighted by Gasteiger charge is 2.38. The van der Waals surface area contributed by atoms with Crippen LogP contribution in [0.4, 0.5) is 5.82 Å². The quantitative estimate of drug-likeness (QED) is 0.933. The molecule has 0 bridgehead atoms. The van der Waals surface area contributed by atoms with Crippen LogP contribution in [0.15, 0.2) is 35.8 Å². The SMILES string of the molecule is Cc1ccsc1C(=O)N(C)C[C@@]1(O)CCN(c2ccccn2)C1. The Hall–Kier alpha value is -1.92. The highest BCUT2D eigenvalue weighted by molar-refractivity contribution is 7.12. The average Bonchev–Trinajstić information content (AvgIpc) is 3.13. The molecule has 0 saturated carbocycles. The number of hydrogen-bond donors (Lipinski definition) is 1. The van der Waals surface area contributed by atoms with Crippen LogP contribution < -0.4 is 4.90 Å². The van der Waals surface area contributed by atoms with Gasteiger partial charge in [-0.05, 0) is 42.5 Å². The van der Waals surface area contributed by atoms with Gasteiger partial charge in [-0.2, -0.15) is 0 Å². The van der Waals surface area contributed by atoms with E-state index in [2.05, 4.69) is 9.88 Å². The van der Waals surface area contributed by atoms with Crippen LogP contribution in [-0.4, -0.2) is 53.2 Å². The van der Waals surface area contributed by atoms with Crippen molar-refractivity contribution in [3.8, 4) is 0 Å². The molecule has 2 aromatic heterocycles. The van der Waals surface area contributed by atoms with Gasteiger partial charge in [-0.15, -0.1) is 11.3 Å². The minimum Gasteiger partial charge on any atom is -0.386 e. The second kappa shape index (κ2) is 6.29. The number of thiophene rings is 1. The van der Waals surface area contributed by atoms with Gasteiger partial charge in [0.15, 0.2) is 0 Å². The molecule has 1 saturated heterocycles. The van der Waals surface area contributed by atoms with Crippen molar-refractivity contribution in [1.29, 1.82) is 0 Å². The minimum atomic E-state index is -0.896. The smallest absolute Gasteiger partial charge is 0.264 e. The van der Waals surface area contributed by atoms with Gasteiger partial charge in [-0.1, -0.05) is 6.07 Å². The zero-order chi connectivity index (χ0) is 16.4. The summed E-state index contributed by atoms with van der Waals surface area (Å²) < 4.78 is 0. The summed E-state index contributed by atoms with van der Waals surface area (Å²) in [5.41, 5.74) is 0.0907. The van der Waals surface area contributed by atoms with Crippen LogP contribution in [-0.2, 0) is 0 Å². The van der Waals surface area contributed by atoms with Gasteiger partial charge in [0.05, 0.1) is 11.4 Å². The molecule has 0 aliphatic carbocycles. The van der Waals surface area contributed by atoms with E-state index in [1.807, 2.05) is 36.6 Å². The molecule has 1 atom stereocenters. The summed E-state index contributed by atoms with van der Waals surface area (Å²) in [6, 6.07) is 7.70. The van der Waals surface area contributed by atoms with Crippen molar-refractivity contribution >= 4 is 23.1 Å². The number of β-amino-alcohol motifs (C(OH)–C–C–N with tert-alkyl or cyclic N) is 1. The first-order valence-corrected chi connectivity index (χ1v) is 8.54.